The van der Waals surface area contributed by atoms with Crippen LogP contribution in [-0.2, 0) is 17.8 Å². The number of ether oxygens (including phenoxy) is 2. The van der Waals surface area contributed by atoms with Crippen LogP contribution in [0.5, 0.6) is 11.5 Å². The molecule has 138 valence electrons. The molecule has 3 heterocycles. The number of nitrogens with one attached hydrogen (secondary N) is 1. The monoisotopic (exact) mass is 402 g/mol. The van der Waals surface area contributed by atoms with Crippen molar-refractivity contribution in [3.8, 4) is 22.2 Å². The number of hydrogen-bond donors (Lipinski definition) is 1. The first-order chi connectivity index (χ1) is 13.2. The molecule has 27 heavy (non-hydrogen) atoms. The fraction of sp³-hybridized carbons (Fsp3) is 0.222. The molecule has 0 radical (unpaired) electrons. The molecule has 0 aliphatic carbocycles. The van der Waals surface area contributed by atoms with Gasteiger partial charge < -0.3 is 14.8 Å². The minimum Gasteiger partial charge on any atom is -0.486 e. The van der Waals surface area contributed by atoms with Crippen LogP contribution in [0.15, 0.2) is 36.1 Å². The molecule has 0 saturated heterocycles. The van der Waals surface area contributed by atoms with Gasteiger partial charge in [-0.2, -0.15) is 0 Å². The molecule has 4 rings (SSSR count). The van der Waals surface area contributed by atoms with Crippen molar-refractivity contribution in [2.45, 2.75) is 13.0 Å². The first-order valence-electron chi connectivity index (χ1n) is 8.24. The van der Waals surface area contributed by atoms with Crippen LogP contribution < -0.4 is 14.8 Å². The van der Waals surface area contributed by atoms with E-state index in [9.17, 15) is 4.79 Å². The molecule has 0 bridgehead atoms. The summed E-state index contributed by atoms with van der Waals surface area (Å²) in [6, 6.07) is 3.44. The highest BCUT2D eigenvalue weighted by atomic mass is 35.5. The van der Waals surface area contributed by atoms with Crippen molar-refractivity contribution in [1.29, 1.82) is 0 Å². The second-order valence-electron chi connectivity index (χ2n) is 5.78. The summed E-state index contributed by atoms with van der Waals surface area (Å²) in [7, 11) is 0. The van der Waals surface area contributed by atoms with Gasteiger partial charge in [-0.15, -0.1) is 11.3 Å². The molecule has 1 aromatic carbocycles. The molecular weight excluding hydrogens is 388 g/mol. The van der Waals surface area contributed by atoms with E-state index in [4.69, 9.17) is 21.1 Å². The fourth-order valence-corrected chi connectivity index (χ4v) is 3.58. The molecule has 9 heteroatoms. The van der Waals surface area contributed by atoms with Gasteiger partial charge in [0.1, 0.15) is 23.9 Å². The van der Waals surface area contributed by atoms with E-state index in [-0.39, 0.29) is 12.3 Å². The van der Waals surface area contributed by atoms with E-state index in [1.807, 2.05) is 5.38 Å². The zero-order valence-electron chi connectivity index (χ0n) is 14.1. The zero-order chi connectivity index (χ0) is 18.6. The molecule has 7 nitrogen and oxygen atoms in total. The third-order valence-electron chi connectivity index (χ3n) is 3.86. The Labute approximate surface area is 164 Å². The Morgan fingerprint density at radius 2 is 2.04 bits per heavy atom. The summed E-state index contributed by atoms with van der Waals surface area (Å²) < 4.78 is 11.0. The van der Waals surface area contributed by atoms with Crippen LogP contribution in [0.2, 0.25) is 5.02 Å². The van der Waals surface area contributed by atoms with Crippen molar-refractivity contribution < 1.29 is 14.3 Å². The third kappa shape index (κ3) is 4.17. The topological polar surface area (TPSA) is 86.2 Å². The molecule has 1 aliphatic heterocycles. The van der Waals surface area contributed by atoms with Crippen molar-refractivity contribution >= 4 is 28.8 Å². The van der Waals surface area contributed by atoms with Gasteiger partial charge in [0.2, 0.25) is 5.91 Å². The van der Waals surface area contributed by atoms with E-state index in [0.29, 0.717) is 47.5 Å². The van der Waals surface area contributed by atoms with Crippen LogP contribution >= 0.6 is 22.9 Å². The maximum atomic E-state index is 12.3. The number of nitrogens with zero attached hydrogens (tertiary/aromatic N) is 3. The minimum absolute atomic E-state index is 0.149. The first-order valence-corrected chi connectivity index (χ1v) is 9.50. The summed E-state index contributed by atoms with van der Waals surface area (Å²) >= 11 is 7.71. The molecule has 1 aliphatic rings. The highest BCUT2D eigenvalue weighted by Crippen LogP contribution is 2.35. The summed E-state index contributed by atoms with van der Waals surface area (Å²) in [5.74, 6) is 1.07. The second-order valence-corrected chi connectivity index (χ2v) is 7.04. The molecule has 3 aromatic rings. The fourth-order valence-electron chi connectivity index (χ4n) is 2.58. The minimum atomic E-state index is -0.150. The summed E-state index contributed by atoms with van der Waals surface area (Å²) in [6.07, 6.45) is 5.04. The summed E-state index contributed by atoms with van der Waals surface area (Å²) in [5.41, 5.74) is 2.17. The largest absolute Gasteiger partial charge is 0.486 e. The average Bonchev–Trinajstić information content (AvgIpc) is 3.17. The first kappa shape index (κ1) is 17.7. The van der Waals surface area contributed by atoms with E-state index >= 15 is 0 Å². The lowest BCUT2D eigenvalue weighted by Crippen LogP contribution is -2.25. The SMILES string of the molecule is O=C(Cc1cc2c(cc1Cl)OCCO2)NCc1csc(-c2cnccn2)n1. The number of rotatable bonds is 5. The Morgan fingerprint density at radius 1 is 1.22 bits per heavy atom. The summed E-state index contributed by atoms with van der Waals surface area (Å²) in [5, 5.41) is 5.99. The van der Waals surface area contributed by atoms with E-state index in [1.165, 1.54) is 11.3 Å². The van der Waals surface area contributed by atoms with Crippen LogP contribution in [0.4, 0.5) is 0 Å². The quantitative estimate of drug-likeness (QED) is 0.706. The van der Waals surface area contributed by atoms with Crippen LogP contribution in [0.25, 0.3) is 10.7 Å². The lowest BCUT2D eigenvalue weighted by Gasteiger charge is -2.19. The van der Waals surface area contributed by atoms with Gasteiger partial charge >= 0.3 is 0 Å². The smallest absolute Gasteiger partial charge is 0.224 e. The highest BCUT2D eigenvalue weighted by Gasteiger charge is 2.17. The standard InChI is InChI=1S/C18H15ClN4O3S/c19-13-7-16-15(25-3-4-26-16)5-11(13)6-17(24)22-8-12-10-27-18(23-12)14-9-20-1-2-21-14/h1-2,5,7,9-10H,3-4,6,8H2,(H,22,24). The Bertz CT molecular complexity index is 964. The van der Waals surface area contributed by atoms with Gasteiger partial charge in [0.15, 0.2) is 11.5 Å². The van der Waals surface area contributed by atoms with E-state index < -0.39 is 0 Å². The van der Waals surface area contributed by atoms with Crippen molar-refractivity contribution in [1.82, 2.24) is 20.3 Å². The molecule has 2 aromatic heterocycles. The number of fused-ring (bicyclic) bond motifs is 1. The number of benzene rings is 1. The van der Waals surface area contributed by atoms with Gasteiger partial charge in [-0.1, -0.05) is 11.6 Å². The van der Waals surface area contributed by atoms with Gasteiger partial charge in [-0.05, 0) is 11.6 Å². The Morgan fingerprint density at radius 3 is 2.81 bits per heavy atom. The van der Waals surface area contributed by atoms with Crippen molar-refractivity contribution in [2.24, 2.45) is 0 Å². The van der Waals surface area contributed by atoms with Gasteiger partial charge in [0.05, 0.1) is 24.9 Å². The number of aromatic nitrogens is 3. The Balaban J connectivity index is 1.37. The van der Waals surface area contributed by atoms with Gasteiger partial charge in [-0.25, -0.2) is 4.98 Å². The lowest BCUT2D eigenvalue weighted by molar-refractivity contribution is -0.120. The molecule has 1 amide bonds. The van der Waals surface area contributed by atoms with Crippen LogP contribution in [-0.4, -0.2) is 34.1 Å². The highest BCUT2D eigenvalue weighted by molar-refractivity contribution is 7.13. The molecule has 0 saturated carbocycles. The van der Waals surface area contributed by atoms with Gasteiger partial charge in [-0.3, -0.25) is 14.8 Å². The summed E-state index contributed by atoms with van der Waals surface area (Å²) in [4.78, 5) is 25.0. The molecule has 0 fully saturated rings. The van der Waals surface area contributed by atoms with Crippen LogP contribution in [0, 0.1) is 0 Å². The second kappa shape index (κ2) is 7.89. The van der Waals surface area contributed by atoms with Gasteiger partial charge in [0.25, 0.3) is 0 Å². The molecule has 0 atom stereocenters. The molecule has 1 N–H and O–H groups in total. The average molecular weight is 403 g/mol. The number of hydrogen-bond acceptors (Lipinski definition) is 7. The zero-order valence-corrected chi connectivity index (χ0v) is 15.7. The number of carbonyl (C=O) groups excluding carboxylic acids is 1. The maximum absolute atomic E-state index is 12.3. The number of amides is 1. The van der Waals surface area contributed by atoms with Gasteiger partial charge in [0, 0.05) is 28.9 Å². The van der Waals surface area contributed by atoms with Crippen molar-refractivity contribution in [3.05, 3.63) is 52.4 Å². The Kier molecular flexibility index (Phi) is 5.17. The molecule has 0 spiro atoms. The lowest BCUT2D eigenvalue weighted by atomic mass is 10.1. The normalized spacial score (nSPS) is 12.6. The third-order valence-corrected chi connectivity index (χ3v) is 5.13. The van der Waals surface area contributed by atoms with E-state index in [1.54, 1.807) is 30.7 Å². The van der Waals surface area contributed by atoms with E-state index in [0.717, 1.165) is 10.7 Å². The maximum Gasteiger partial charge on any atom is 0.224 e. The molecular formula is C18H15ClN4O3S. The number of halogens is 1. The van der Waals surface area contributed by atoms with Crippen molar-refractivity contribution in [2.75, 3.05) is 13.2 Å². The Hall–Kier alpha value is -2.71. The van der Waals surface area contributed by atoms with Crippen molar-refractivity contribution in [3.63, 3.8) is 0 Å². The van der Waals surface area contributed by atoms with Crippen LogP contribution in [0.3, 0.4) is 0 Å². The number of thiazole rings is 1. The van der Waals surface area contributed by atoms with E-state index in [2.05, 4.69) is 20.3 Å². The summed E-state index contributed by atoms with van der Waals surface area (Å²) in [6.45, 7) is 1.31. The predicted octanol–water partition coefficient (Wildman–Crippen LogP) is 2.88. The van der Waals surface area contributed by atoms with Crippen LogP contribution in [0.1, 0.15) is 11.3 Å². The number of carbonyl (C=O) groups is 1. The molecule has 0 unspecified atom stereocenters. The predicted molar refractivity (Wildman–Crippen MR) is 101 cm³/mol.